The van der Waals surface area contributed by atoms with E-state index in [1.165, 1.54) is 0 Å². The van der Waals surface area contributed by atoms with Gasteiger partial charge in [-0.15, -0.1) is 0 Å². The van der Waals surface area contributed by atoms with Crippen LogP contribution in [0.2, 0.25) is 0 Å². The van der Waals surface area contributed by atoms with Crippen LogP contribution in [0.3, 0.4) is 0 Å². The second kappa shape index (κ2) is 5.68. The summed E-state index contributed by atoms with van der Waals surface area (Å²) in [5, 5.41) is 0. The number of benzene rings is 1. The van der Waals surface area contributed by atoms with E-state index in [1.807, 2.05) is 6.92 Å². The van der Waals surface area contributed by atoms with Gasteiger partial charge in [0.1, 0.15) is 6.61 Å². The molecule has 0 saturated carbocycles. The molecule has 1 aromatic rings. The fourth-order valence-corrected chi connectivity index (χ4v) is 2.01. The molecular weight excluding hydrogens is 270 g/mol. The molecule has 1 aliphatic heterocycles. The first-order valence-electron chi connectivity index (χ1n) is 7.01. The van der Waals surface area contributed by atoms with Crippen molar-refractivity contribution in [2.24, 2.45) is 5.41 Å². The molecule has 0 saturated heterocycles. The number of hydrogen-bond acceptors (Lipinski definition) is 4. The van der Waals surface area contributed by atoms with Crippen molar-refractivity contribution in [3.8, 4) is 0 Å². The van der Waals surface area contributed by atoms with Gasteiger partial charge in [-0.25, -0.2) is 0 Å². The van der Waals surface area contributed by atoms with Gasteiger partial charge in [0, 0.05) is 0 Å². The van der Waals surface area contributed by atoms with Gasteiger partial charge >= 0.3 is 5.97 Å². The first kappa shape index (κ1) is 15.2. The predicted octanol–water partition coefficient (Wildman–Crippen LogP) is 2.26. The summed E-state index contributed by atoms with van der Waals surface area (Å²) < 4.78 is 5.17. The van der Waals surface area contributed by atoms with Crippen LogP contribution in [0.4, 0.5) is 0 Å². The summed E-state index contributed by atoms with van der Waals surface area (Å²) in [6.07, 6.45) is 0.666. The number of carbonyl (C=O) groups excluding carboxylic acids is 3. The SMILES string of the molecule is CCC(C)(C)C(=O)OCCN1C(=O)c2ccccc2C1=O. The Kier molecular flexibility index (Phi) is 4.11. The van der Waals surface area contributed by atoms with Crippen LogP contribution in [0.5, 0.6) is 0 Å². The summed E-state index contributed by atoms with van der Waals surface area (Å²) in [6.45, 7) is 5.62. The average molecular weight is 289 g/mol. The maximum Gasteiger partial charge on any atom is 0.311 e. The lowest BCUT2D eigenvalue weighted by Gasteiger charge is -2.21. The van der Waals surface area contributed by atoms with Crippen LogP contribution in [0.25, 0.3) is 0 Å². The topological polar surface area (TPSA) is 63.7 Å². The van der Waals surface area contributed by atoms with Crippen molar-refractivity contribution in [2.45, 2.75) is 27.2 Å². The Morgan fingerprint density at radius 3 is 2.14 bits per heavy atom. The van der Waals surface area contributed by atoms with Crippen molar-refractivity contribution in [3.63, 3.8) is 0 Å². The minimum absolute atomic E-state index is 0.0216. The highest BCUT2D eigenvalue weighted by Gasteiger charge is 2.35. The standard InChI is InChI=1S/C16H19NO4/c1-4-16(2,3)15(20)21-10-9-17-13(18)11-7-5-6-8-12(11)14(17)19/h5-8H,4,9-10H2,1-3H3. The van der Waals surface area contributed by atoms with E-state index in [0.717, 1.165) is 4.90 Å². The van der Waals surface area contributed by atoms with Crippen LogP contribution in [0.15, 0.2) is 24.3 Å². The van der Waals surface area contributed by atoms with E-state index in [1.54, 1.807) is 38.1 Å². The van der Waals surface area contributed by atoms with Gasteiger partial charge < -0.3 is 4.74 Å². The van der Waals surface area contributed by atoms with Gasteiger partial charge in [-0.05, 0) is 32.4 Å². The number of ether oxygens (including phenoxy) is 1. The van der Waals surface area contributed by atoms with Crippen LogP contribution < -0.4 is 0 Å². The number of imide groups is 1. The molecule has 0 atom stereocenters. The molecule has 0 fully saturated rings. The number of esters is 1. The molecule has 2 rings (SSSR count). The van der Waals surface area contributed by atoms with E-state index in [4.69, 9.17) is 4.74 Å². The normalized spacial score (nSPS) is 14.3. The minimum atomic E-state index is -0.554. The monoisotopic (exact) mass is 289 g/mol. The maximum atomic E-state index is 12.1. The molecule has 0 N–H and O–H groups in total. The Bertz CT molecular complexity index is 557. The molecule has 0 bridgehead atoms. The average Bonchev–Trinajstić information content (AvgIpc) is 2.72. The van der Waals surface area contributed by atoms with Gasteiger partial charge in [0.15, 0.2) is 0 Å². The van der Waals surface area contributed by atoms with E-state index in [2.05, 4.69) is 0 Å². The highest BCUT2D eigenvalue weighted by atomic mass is 16.5. The highest BCUT2D eigenvalue weighted by molar-refractivity contribution is 6.21. The molecule has 0 unspecified atom stereocenters. The molecule has 21 heavy (non-hydrogen) atoms. The summed E-state index contributed by atoms with van der Waals surface area (Å²) in [4.78, 5) is 37.2. The van der Waals surface area contributed by atoms with Crippen LogP contribution >= 0.6 is 0 Å². The fourth-order valence-electron chi connectivity index (χ4n) is 2.01. The summed E-state index contributed by atoms with van der Waals surface area (Å²) >= 11 is 0. The van der Waals surface area contributed by atoms with Crippen molar-refractivity contribution in [3.05, 3.63) is 35.4 Å². The van der Waals surface area contributed by atoms with Gasteiger partial charge in [0.2, 0.25) is 0 Å². The van der Waals surface area contributed by atoms with E-state index >= 15 is 0 Å². The smallest absolute Gasteiger partial charge is 0.311 e. The Balaban J connectivity index is 1.96. The third kappa shape index (κ3) is 2.82. The Morgan fingerprint density at radius 2 is 1.67 bits per heavy atom. The number of rotatable bonds is 5. The van der Waals surface area contributed by atoms with Crippen LogP contribution in [-0.4, -0.2) is 35.8 Å². The molecular formula is C16H19NO4. The van der Waals surface area contributed by atoms with Crippen molar-refractivity contribution < 1.29 is 19.1 Å². The minimum Gasteiger partial charge on any atom is -0.463 e. The van der Waals surface area contributed by atoms with Crippen molar-refractivity contribution in [2.75, 3.05) is 13.2 Å². The van der Waals surface area contributed by atoms with Crippen LogP contribution in [0, 0.1) is 5.41 Å². The summed E-state index contributed by atoms with van der Waals surface area (Å²) in [7, 11) is 0. The quantitative estimate of drug-likeness (QED) is 0.616. The Morgan fingerprint density at radius 1 is 1.14 bits per heavy atom. The zero-order valence-electron chi connectivity index (χ0n) is 12.5. The van der Waals surface area contributed by atoms with Crippen molar-refractivity contribution in [1.82, 2.24) is 4.90 Å². The molecule has 5 heteroatoms. The maximum absolute atomic E-state index is 12.1. The van der Waals surface area contributed by atoms with E-state index in [9.17, 15) is 14.4 Å². The van der Waals surface area contributed by atoms with E-state index in [0.29, 0.717) is 17.5 Å². The van der Waals surface area contributed by atoms with Crippen molar-refractivity contribution >= 4 is 17.8 Å². The molecule has 1 aliphatic rings. The molecule has 5 nitrogen and oxygen atoms in total. The number of nitrogens with zero attached hydrogens (tertiary/aromatic N) is 1. The Hall–Kier alpha value is -2.17. The first-order chi connectivity index (χ1) is 9.88. The number of fused-ring (bicyclic) bond motifs is 1. The van der Waals surface area contributed by atoms with E-state index < -0.39 is 5.41 Å². The summed E-state index contributed by atoms with van der Waals surface area (Å²) in [5.74, 6) is -0.982. The third-order valence-corrected chi connectivity index (χ3v) is 3.86. The van der Waals surface area contributed by atoms with Gasteiger partial charge in [-0.2, -0.15) is 0 Å². The number of amides is 2. The lowest BCUT2D eigenvalue weighted by Crippen LogP contribution is -2.35. The zero-order valence-corrected chi connectivity index (χ0v) is 12.5. The van der Waals surface area contributed by atoms with E-state index in [-0.39, 0.29) is 30.9 Å². The molecule has 0 aliphatic carbocycles. The third-order valence-electron chi connectivity index (χ3n) is 3.86. The molecule has 0 spiro atoms. The second-order valence-corrected chi connectivity index (χ2v) is 5.68. The van der Waals surface area contributed by atoms with Gasteiger partial charge in [-0.1, -0.05) is 19.1 Å². The second-order valence-electron chi connectivity index (χ2n) is 5.68. The zero-order chi connectivity index (χ0) is 15.6. The Labute approximate surface area is 123 Å². The molecule has 112 valence electrons. The largest absolute Gasteiger partial charge is 0.463 e. The summed E-state index contributed by atoms with van der Waals surface area (Å²) in [5.41, 5.74) is 0.257. The molecule has 0 aromatic heterocycles. The molecule has 1 aromatic carbocycles. The number of carbonyl (C=O) groups is 3. The van der Waals surface area contributed by atoms with Crippen LogP contribution in [0.1, 0.15) is 47.9 Å². The highest BCUT2D eigenvalue weighted by Crippen LogP contribution is 2.23. The lowest BCUT2D eigenvalue weighted by molar-refractivity contribution is -0.154. The molecule has 0 radical (unpaired) electrons. The lowest BCUT2D eigenvalue weighted by atomic mass is 9.91. The van der Waals surface area contributed by atoms with Crippen molar-refractivity contribution in [1.29, 1.82) is 0 Å². The van der Waals surface area contributed by atoms with Gasteiger partial charge in [-0.3, -0.25) is 19.3 Å². The molecule has 1 heterocycles. The van der Waals surface area contributed by atoms with Gasteiger partial charge in [0.05, 0.1) is 23.1 Å². The predicted molar refractivity (Wildman–Crippen MR) is 76.8 cm³/mol. The molecule has 2 amide bonds. The number of hydrogen-bond donors (Lipinski definition) is 0. The first-order valence-corrected chi connectivity index (χ1v) is 7.01. The van der Waals surface area contributed by atoms with Crippen LogP contribution in [-0.2, 0) is 9.53 Å². The summed E-state index contributed by atoms with van der Waals surface area (Å²) in [6, 6.07) is 6.69. The van der Waals surface area contributed by atoms with Gasteiger partial charge in [0.25, 0.3) is 11.8 Å². The fraction of sp³-hybridized carbons (Fsp3) is 0.438.